The number of carbonyl (C=O) groups is 1. The molecule has 146 valence electrons. The standard InChI is InChI=1S/C20H26N2O4S/c1-3-4-13-22-27(24,25)19-7-5-6-17(15-19)20(23)21-14-12-16-8-10-18(26-2)11-9-16/h5-11,15,22H,3-4,12-14H2,1-2H3,(H,21,23). The summed E-state index contributed by atoms with van der Waals surface area (Å²) in [7, 11) is -1.99. The molecule has 1 amide bonds. The van der Waals surface area contributed by atoms with Gasteiger partial charge in [-0.05, 0) is 48.7 Å². The summed E-state index contributed by atoms with van der Waals surface area (Å²) in [4.78, 5) is 12.4. The molecule has 0 fully saturated rings. The number of nitrogens with one attached hydrogen (secondary N) is 2. The zero-order chi connectivity index (χ0) is 19.7. The maximum atomic E-state index is 12.3. The smallest absolute Gasteiger partial charge is 0.251 e. The van der Waals surface area contributed by atoms with E-state index < -0.39 is 10.0 Å². The highest BCUT2D eigenvalue weighted by Gasteiger charge is 2.15. The Morgan fingerprint density at radius 2 is 1.81 bits per heavy atom. The van der Waals surface area contributed by atoms with Crippen LogP contribution in [0.25, 0.3) is 0 Å². The molecule has 2 N–H and O–H groups in total. The molecule has 0 bridgehead atoms. The third-order valence-corrected chi connectivity index (χ3v) is 5.55. The number of ether oxygens (including phenoxy) is 1. The van der Waals surface area contributed by atoms with Crippen molar-refractivity contribution < 1.29 is 17.9 Å². The minimum Gasteiger partial charge on any atom is -0.497 e. The molecule has 2 aromatic rings. The third kappa shape index (κ3) is 6.37. The van der Waals surface area contributed by atoms with Gasteiger partial charge >= 0.3 is 0 Å². The first-order valence-electron chi connectivity index (χ1n) is 8.97. The lowest BCUT2D eigenvalue weighted by Crippen LogP contribution is -2.27. The van der Waals surface area contributed by atoms with Crippen molar-refractivity contribution in [3.05, 3.63) is 59.7 Å². The van der Waals surface area contributed by atoms with Crippen molar-refractivity contribution in [1.82, 2.24) is 10.0 Å². The zero-order valence-electron chi connectivity index (χ0n) is 15.7. The van der Waals surface area contributed by atoms with E-state index in [2.05, 4.69) is 10.0 Å². The molecule has 0 aliphatic carbocycles. The van der Waals surface area contributed by atoms with E-state index in [0.717, 1.165) is 24.2 Å². The number of carbonyl (C=O) groups excluding carboxylic acids is 1. The van der Waals surface area contributed by atoms with Gasteiger partial charge in [0.15, 0.2) is 0 Å². The first-order valence-corrected chi connectivity index (χ1v) is 10.5. The number of hydrogen-bond donors (Lipinski definition) is 2. The number of sulfonamides is 1. The van der Waals surface area contributed by atoms with Gasteiger partial charge in [-0.1, -0.05) is 31.5 Å². The minimum atomic E-state index is -3.60. The number of amides is 1. The van der Waals surface area contributed by atoms with Gasteiger partial charge < -0.3 is 10.1 Å². The predicted molar refractivity (Wildman–Crippen MR) is 106 cm³/mol. The SMILES string of the molecule is CCCCNS(=O)(=O)c1cccc(C(=O)NCCc2ccc(OC)cc2)c1. The van der Waals surface area contributed by atoms with Gasteiger partial charge in [-0.2, -0.15) is 0 Å². The summed E-state index contributed by atoms with van der Waals surface area (Å²) in [5.74, 6) is 0.488. The van der Waals surface area contributed by atoms with E-state index in [4.69, 9.17) is 4.74 Å². The maximum Gasteiger partial charge on any atom is 0.251 e. The van der Waals surface area contributed by atoms with E-state index in [0.29, 0.717) is 25.1 Å². The number of hydrogen-bond acceptors (Lipinski definition) is 4. The largest absolute Gasteiger partial charge is 0.497 e. The summed E-state index contributed by atoms with van der Waals surface area (Å²) in [5, 5.41) is 2.82. The van der Waals surface area contributed by atoms with Gasteiger partial charge in [0.05, 0.1) is 12.0 Å². The van der Waals surface area contributed by atoms with Crippen LogP contribution in [0.1, 0.15) is 35.7 Å². The quantitative estimate of drug-likeness (QED) is 0.611. The Morgan fingerprint density at radius 3 is 2.48 bits per heavy atom. The fourth-order valence-electron chi connectivity index (χ4n) is 2.49. The average molecular weight is 391 g/mol. The second-order valence-corrected chi connectivity index (χ2v) is 7.90. The third-order valence-electron chi connectivity index (χ3n) is 4.09. The van der Waals surface area contributed by atoms with Crippen LogP contribution >= 0.6 is 0 Å². The fourth-order valence-corrected chi connectivity index (χ4v) is 3.61. The van der Waals surface area contributed by atoms with Crippen LogP contribution in [0, 0.1) is 0 Å². The van der Waals surface area contributed by atoms with Crippen molar-refractivity contribution in [2.45, 2.75) is 31.1 Å². The first kappa shape index (κ1) is 20.9. The number of methoxy groups -OCH3 is 1. The molecule has 2 aromatic carbocycles. The molecule has 7 heteroatoms. The normalized spacial score (nSPS) is 11.2. The molecule has 6 nitrogen and oxygen atoms in total. The molecular formula is C20H26N2O4S. The molecule has 0 heterocycles. The molecule has 0 atom stereocenters. The van der Waals surface area contributed by atoms with Crippen molar-refractivity contribution in [3.63, 3.8) is 0 Å². The number of benzene rings is 2. The lowest BCUT2D eigenvalue weighted by atomic mass is 10.1. The second-order valence-electron chi connectivity index (χ2n) is 6.13. The van der Waals surface area contributed by atoms with Crippen molar-refractivity contribution in [3.8, 4) is 5.75 Å². The van der Waals surface area contributed by atoms with E-state index in [1.165, 1.54) is 12.1 Å². The number of unbranched alkanes of at least 4 members (excludes halogenated alkanes) is 1. The second kappa shape index (κ2) is 10.1. The van der Waals surface area contributed by atoms with Gasteiger partial charge in [0.25, 0.3) is 5.91 Å². The van der Waals surface area contributed by atoms with Crippen LogP contribution in [0.4, 0.5) is 0 Å². The summed E-state index contributed by atoms with van der Waals surface area (Å²) >= 11 is 0. The molecule has 27 heavy (non-hydrogen) atoms. The highest BCUT2D eigenvalue weighted by molar-refractivity contribution is 7.89. The highest BCUT2D eigenvalue weighted by Crippen LogP contribution is 2.13. The van der Waals surface area contributed by atoms with E-state index in [1.54, 1.807) is 19.2 Å². The van der Waals surface area contributed by atoms with Gasteiger partial charge in [-0.25, -0.2) is 13.1 Å². The van der Waals surface area contributed by atoms with Crippen LogP contribution in [0.3, 0.4) is 0 Å². The Kier molecular flexibility index (Phi) is 7.82. The predicted octanol–water partition coefficient (Wildman–Crippen LogP) is 2.75. The molecule has 0 saturated carbocycles. The summed E-state index contributed by atoms with van der Waals surface area (Å²) in [6, 6.07) is 13.7. The van der Waals surface area contributed by atoms with Gasteiger partial charge in [0.2, 0.25) is 10.0 Å². The van der Waals surface area contributed by atoms with Crippen molar-refractivity contribution >= 4 is 15.9 Å². The Labute approximate surface area is 161 Å². The Balaban J connectivity index is 1.94. The molecule has 0 aliphatic rings. The molecule has 2 rings (SSSR count). The zero-order valence-corrected chi connectivity index (χ0v) is 16.5. The molecule has 0 spiro atoms. The van der Waals surface area contributed by atoms with Crippen molar-refractivity contribution in [2.24, 2.45) is 0 Å². The summed E-state index contributed by atoms with van der Waals surface area (Å²) < 4.78 is 32.2. The Morgan fingerprint density at radius 1 is 1.07 bits per heavy atom. The van der Waals surface area contributed by atoms with Crippen LogP contribution in [-0.4, -0.2) is 34.5 Å². The van der Waals surface area contributed by atoms with E-state index in [-0.39, 0.29) is 10.8 Å². The first-order chi connectivity index (χ1) is 13.0. The lowest BCUT2D eigenvalue weighted by molar-refractivity contribution is 0.0954. The fraction of sp³-hybridized carbons (Fsp3) is 0.350. The van der Waals surface area contributed by atoms with Gasteiger partial charge in [-0.15, -0.1) is 0 Å². The van der Waals surface area contributed by atoms with Crippen LogP contribution in [0.5, 0.6) is 5.75 Å². The van der Waals surface area contributed by atoms with E-state index in [9.17, 15) is 13.2 Å². The Hall–Kier alpha value is -2.38. The van der Waals surface area contributed by atoms with E-state index >= 15 is 0 Å². The lowest BCUT2D eigenvalue weighted by Gasteiger charge is -2.09. The molecule has 0 unspecified atom stereocenters. The molecule has 0 radical (unpaired) electrons. The number of rotatable bonds is 10. The van der Waals surface area contributed by atoms with Gasteiger partial charge in [-0.3, -0.25) is 4.79 Å². The summed E-state index contributed by atoms with van der Waals surface area (Å²) in [6.45, 7) is 2.83. The van der Waals surface area contributed by atoms with Crippen LogP contribution in [0.2, 0.25) is 0 Å². The van der Waals surface area contributed by atoms with Crippen molar-refractivity contribution in [2.75, 3.05) is 20.2 Å². The van der Waals surface area contributed by atoms with Crippen molar-refractivity contribution in [1.29, 1.82) is 0 Å². The highest BCUT2D eigenvalue weighted by atomic mass is 32.2. The molecule has 0 aliphatic heterocycles. The monoisotopic (exact) mass is 390 g/mol. The maximum absolute atomic E-state index is 12.3. The average Bonchev–Trinajstić information content (AvgIpc) is 2.68. The van der Waals surface area contributed by atoms with Crippen LogP contribution < -0.4 is 14.8 Å². The minimum absolute atomic E-state index is 0.0985. The Bertz CT molecular complexity index is 849. The van der Waals surface area contributed by atoms with Gasteiger partial charge in [0.1, 0.15) is 5.75 Å². The molecule has 0 aromatic heterocycles. The van der Waals surface area contributed by atoms with Crippen LogP contribution in [-0.2, 0) is 16.4 Å². The molecule has 0 saturated heterocycles. The van der Waals surface area contributed by atoms with Crippen LogP contribution in [0.15, 0.2) is 53.4 Å². The molecular weight excluding hydrogens is 364 g/mol. The van der Waals surface area contributed by atoms with Gasteiger partial charge in [0, 0.05) is 18.7 Å². The topological polar surface area (TPSA) is 84.5 Å². The summed E-state index contributed by atoms with van der Waals surface area (Å²) in [5.41, 5.74) is 1.40. The summed E-state index contributed by atoms with van der Waals surface area (Å²) in [6.07, 6.45) is 2.34. The van der Waals surface area contributed by atoms with E-state index in [1.807, 2.05) is 31.2 Å².